The van der Waals surface area contributed by atoms with E-state index in [-0.39, 0.29) is 5.69 Å². The maximum Gasteiger partial charge on any atom is 0.320 e. The maximum absolute atomic E-state index is 11.0. The Bertz CT molecular complexity index is 553. The van der Waals surface area contributed by atoms with Crippen molar-refractivity contribution < 1.29 is 14.8 Å². The van der Waals surface area contributed by atoms with Crippen molar-refractivity contribution in [2.24, 2.45) is 0 Å². The first-order chi connectivity index (χ1) is 9.90. The fourth-order valence-corrected chi connectivity index (χ4v) is 2.61. The predicted octanol–water partition coefficient (Wildman–Crippen LogP) is 1.50. The number of carboxylic acid groups (broad SMARTS) is 1. The van der Waals surface area contributed by atoms with Crippen LogP contribution in [0.5, 0.6) is 0 Å². The number of nitrogens with zero attached hydrogens (tertiary/aromatic N) is 3. The summed E-state index contributed by atoms with van der Waals surface area (Å²) in [7, 11) is 0. The molecule has 0 bridgehead atoms. The van der Waals surface area contributed by atoms with Gasteiger partial charge in [0.05, 0.1) is 4.92 Å². The van der Waals surface area contributed by atoms with E-state index in [0.717, 1.165) is 24.3 Å². The largest absolute Gasteiger partial charge is 0.480 e. The molecule has 0 aromatic heterocycles. The van der Waals surface area contributed by atoms with E-state index in [1.54, 1.807) is 19.1 Å². The quantitative estimate of drug-likeness (QED) is 0.668. The summed E-state index contributed by atoms with van der Waals surface area (Å²) in [5.41, 5.74) is 1.93. The lowest BCUT2D eigenvalue weighted by molar-refractivity contribution is -0.384. The normalized spacial score (nSPS) is 17.5. The van der Waals surface area contributed by atoms with Gasteiger partial charge in [0.25, 0.3) is 5.69 Å². The fraction of sp³-hybridized carbons (Fsp3) is 0.500. The number of hydrogen-bond donors (Lipinski definition) is 1. The van der Waals surface area contributed by atoms with E-state index in [1.807, 2.05) is 11.8 Å². The monoisotopic (exact) mass is 293 g/mol. The molecular weight excluding hydrogens is 274 g/mol. The molecule has 1 N–H and O–H groups in total. The number of aryl methyl sites for hydroxylation is 1. The third kappa shape index (κ3) is 3.30. The van der Waals surface area contributed by atoms with Crippen molar-refractivity contribution in [3.63, 3.8) is 0 Å². The molecule has 1 atom stereocenters. The van der Waals surface area contributed by atoms with E-state index in [1.165, 1.54) is 6.07 Å². The van der Waals surface area contributed by atoms with Gasteiger partial charge in [-0.25, -0.2) is 0 Å². The Kier molecular flexibility index (Phi) is 4.42. The van der Waals surface area contributed by atoms with Gasteiger partial charge in [0.15, 0.2) is 0 Å². The van der Waals surface area contributed by atoms with Crippen LogP contribution < -0.4 is 4.90 Å². The summed E-state index contributed by atoms with van der Waals surface area (Å²) < 4.78 is 0. The van der Waals surface area contributed by atoms with Gasteiger partial charge in [0.2, 0.25) is 0 Å². The Hall–Kier alpha value is -2.15. The summed E-state index contributed by atoms with van der Waals surface area (Å²) in [6.45, 7) is 6.32. The van der Waals surface area contributed by atoms with Crippen molar-refractivity contribution in [2.45, 2.75) is 19.9 Å². The van der Waals surface area contributed by atoms with E-state index >= 15 is 0 Å². The number of aliphatic carboxylic acids is 1. The van der Waals surface area contributed by atoms with Crippen LogP contribution in [0.25, 0.3) is 0 Å². The highest BCUT2D eigenvalue weighted by atomic mass is 16.6. The first-order valence-corrected chi connectivity index (χ1v) is 6.87. The number of nitro groups is 1. The summed E-state index contributed by atoms with van der Waals surface area (Å²) >= 11 is 0. The summed E-state index contributed by atoms with van der Waals surface area (Å²) in [4.78, 5) is 25.4. The van der Waals surface area contributed by atoms with Crippen LogP contribution >= 0.6 is 0 Å². The number of carboxylic acids is 1. The minimum atomic E-state index is -0.810. The topological polar surface area (TPSA) is 86.9 Å². The molecule has 21 heavy (non-hydrogen) atoms. The molecule has 0 saturated carbocycles. The zero-order valence-electron chi connectivity index (χ0n) is 12.2. The van der Waals surface area contributed by atoms with Crippen molar-refractivity contribution in [2.75, 3.05) is 31.1 Å². The standard InChI is InChI=1S/C14H19N3O4/c1-10-9-12(17(20)21)3-4-13(10)16-7-5-15(6-8-16)11(2)14(18)19/h3-4,9,11H,5-8H2,1-2H3,(H,18,19). The van der Waals surface area contributed by atoms with Crippen molar-refractivity contribution in [1.29, 1.82) is 0 Å². The molecule has 1 unspecified atom stereocenters. The molecule has 2 rings (SSSR count). The molecule has 1 aliphatic heterocycles. The average molecular weight is 293 g/mol. The van der Waals surface area contributed by atoms with Crippen LogP contribution in [-0.4, -0.2) is 53.1 Å². The molecule has 114 valence electrons. The van der Waals surface area contributed by atoms with Gasteiger partial charge in [-0.1, -0.05) is 0 Å². The Morgan fingerprint density at radius 2 is 1.95 bits per heavy atom. The molecule has 0 aliphatic carbocycles. The molecule has 1 aliphatic rings. The third-order valence-electron chi connectivity index (χ3n) is 3.95. The van der Waals surface area contributed by atoms with Gasteiger partial charge in [0, 0.05) is 44.0 Å². The molecule has 1 aromatic carbocycles. The Morgan fingerprint density at radius 3 is 2.43 bits per heavy atom. The summed E-state index contributed by atoms with van der Waals surface area (Å²) in [6, 6.07) is 4.37. The van der Waals surface area contributed by atoms with Crippen LogP contribution in [0.2, 0.25) is 0 Å². The lowest BCUT2D eigenvalue weighted by atomic mass is 10.1. The van der Waals surface area contributed by atoms with Gasteiger partial charge in [-0.05, 0) is 25.5 Å². The van der Waals surface area contributed by atoms with Crippen molar-refractivity contribution in [1.82, 2.24) is 4.90 Å². The number of anilines is 1. The minimum Gasteiger partial charge on any atom is -0.480 e. The fourth-order valence-electron chi connectivity index (χ4n) is 2.61. The summed E-state index contributed by atoms with van der Waals surface area (Å²) in [5.74, 6) is -0.810. The molecule has 1 saturated heterocycles. The number of hydrogen-bond acceptors (Lipinski definition) is 5. The van der Waals surface area contributed by atoms with Crippen LogP contribution in [0, 0.1) is 17.0 Å². The maximum atomic E-state index is 11.0. The molecule has 0 spiro atoms. The molecule has 1 fully saturated rings. The molecule has 7 heteroatoms. The van der Waals surface area contributed by atoms with Gasteiger partial charge >= 0.3 is 5.97 Å². The minimum absolute atomic E-state index is 0.0920. The number of non-ortho nitro benzene ring substituents is 1. The van der Waals surface area contributed by atoms with Crippen molar-refractivity contribution >= 4 is 17.3 Å². The summed E-state index contributed by atoms with van der Waals surface area (Å²) in [5, 5.41) is 19.8. The highest BCUT2D eigenvalue weighted by Gasteiger charge is 2.26. The van der Waals surface area contributed by atoms with Gasteiger partial charge in [-0.2, -0.15) is 0 Å². The van der Waals surface area contributed by atoms with Crippen LogP contribution in [0.15, 0.2) is 18.2 Å². The lowest BCUT2D eigenvalue weighted by Crippen LogP contribution is -2.51. The van der Waals surface area contributed by atoms with Gasteiger partial charge in [-0.3, -0.25) is 19.8 Å². The van der Waals surface area contributed by atoms with E-state index in [0.29, 0.717) is 13.1 Å². The van der Waals surface area contributed by atoms with E-state index in [9.17, 15) is 14.9 Å². The Labute approximate surface area is 122 Å². The second-order valence-electron chi connectivity index (χ2n) is 5.27. The number of piperazine rings is 1. The number of benzene rings is 1. The third-order valence-corrected chi connectivity index (χ3v) is 3.95. The number of nitro benzene ring substituents is 1. The number of rotatable bonds is 4. The molecule has 0 amide bonds. The Morgan fingerprint density at radius 1 is 1.33 bits per heavy atom. The molecule has 7 nitrogen and oxygen atoms in total. The molecule has 1 heterocycles. The second-order valence-corrected chi connectivity index (χ2v) is 5.27. The van der Waals surface area contributed by atoms with Crippen LogP contribution in [0.4, 0.5) is 11.4 Å². The zero-order chi connectivity index (χ0) is 15.6. The SMILES string of the molecule is Cc1cc([N+](=O)[O-])ccc1N1CCN(C(C)C(=O)O)CC1. The van der Waals surface area contributed by atoms with Crippen LogP contribution in [0.3, 0.4) is 0 Å². The van der Waals surface area contributed by atoms with E-state index in [2.05, 4.69) is 4.90 Å². The van der Waals surface area contributed by atoms with Gasteiger partial charge in [-0.15, -0.1) is 0 Å². The van der Waals surface area contributed by atoms with Gasteiger partial charge < -0.3 is 10.0 Å². The van der Waals surface area contributed by atoms with Gasteiger partial charge in [0.1, 0.15) is 6.04 Å². The van der Waals surface area contributed by atoms with Crippen LogP contribution in [0.1, 0.15) is 12.5 Å². The first-order valence-electron chi connectivity index (χ1n) is 6.87. The van der Waals surface area contributed by atoms with Crippen LogP contribution in [-0.2, 0) is 4.79 Å². The summed E-state index contributed by atoms with van der Waals surface area (Å²) in [6.07, 6.45) is 0. The molecule has 0 radical (unpaired) electrons. The highest BCUT2D eigenvalue weighted by molar-refractivity contribution is 5.73. The Balaban J connectivity index is 2.05. The van der Waals surface area contributed by atoms with E-state index < -0.39 is 16.9 Å². The smallest absolute Gasteiger partial charge is 0.320 e. The lowest BCUT2D eigenvalue weighted by Gasteiger charge is -2.38. The molecule has 1 aromatic rings. The first kappa shape index (κ1) is 15.2. The van der Waals surface area contributed by atoms with Crippen molar-refractivity contribution in [3.05, 3.63) is 33.9 Å². The average Bonchev–Trinajstić information content (AvgIpc) is 2.46. The predicted molar refractivity (Wildman–Crippen MR) is 78.7 cm³/mol. The van der Waals surface area contributed by atoms with E-state index in [4.69, 9.17) is 5.11 Å². The van der Waals surface area contributed by atoms with Crippen molar-refractivity contribution in [3.8, 4) is 0 Å². The number of carbonyl (C=O) groups is 1. The zero-order valence-corrected chi connectivity index (χ0v) is 12.2. The molecular formula is C14H19N3O4. The second kappa shape index (κ2) is 6.09. The highest BCUT2D eigenvalue weighted by Crippen LogP contribution is 2.25.